The molecule has 1 aliphatic heterocycles. The van der Waals surface area contributed by atoms with Gasteiger partial charge in [0.2, 0.25) is 0 Å². The molecule has 1 N–H and O–H groups in total. The molecule has 2 heteroatoms. The fourth-order valence-corrected chi connectivity index (χ4v) is 0.144. The Kier molecular flexibility index (Phi) is 5.85. The van der Waals surface area contributed by atoms with E-state index >= 15 is 0 Å². The Balaban J connectivity index is 0.000000110. The molecule has 0 aromatic rings. The average molecular weight is 104 g/mol. The summed E-state index contributed by atoms with van der Waals surface area (Å²) in [5.74, 6) is 0. The highest BCUT2D eigenvalue weighted by atomic mass is 16.5. The molecule has 0 bridgehead atoms. The Hall–Kier alpha value is -0.0800. The van der Waals surface area contributed by atoms with Gasteiger partial charge in [-0.25, -0.2) is 0 Å². The second kappa shape index (κ2) is 5.92. The summed E-state index contributed by atoms with van der Waals surface area (Å²) in [6.45, 7) is 3.93. The molecule has 0 radical (unpaired) electrons. The summed E-state index contributed by atoms with van der Waals surface area (Å²) in [6, 6.07) is 0. The molecular formula is C5H12O2. The summed E-state index contributed by atoms with van der Waals surface area (Å²) >= 11 is 0. The molecule has 0 saturated carbocycles. The van der Waals surface area contributed by atoms with Gasteiger partial charge in [0.25, 0.3) is 0 Å². The summed E-state index contributed by atoms with van der Waals surface area (Å²) in [5, 5.41) is 7.57. The van der Waals surface area contributed by atoms with E-state index in [2.05, 4.69) is 0 Å². The van der Waals surface area contributed by atoms with E-state index in [1.54, 1.807) is 6.92 Å². The van der Waals surface area contributed by atoms with Crippen molar-refractivity contribution in [3.63, 3.8) is 0 Å². The summed E-state index contributed by atoms with van der Waals surface area (Å²) in [7, 11) is 0. The van der Waals surface area contributed by atoms with E-state index in [0.29, 0.717) is 0 Å². The van der Waals surface area contributed by atoms with Crippen LogP contribution < -0.4 is 0 Å². The maximum absolute atomic E-state index is 7.57. The molecule has 2 nitrogen and oxygen atoms in total. The predicted octanol–water partition coefficient (Wildman–Crippen LogP) is 0.405. The summed E-state index contributed by atoms with van der Waals surface area (Å²) in [4.78, 5) is 0. The van der Waals surface area contributed by atoms with Crippen molar-refractivity contribution >= 4 is 0 Å². The predicted molar refractivity (Wildman–Crippen MR) is 28.2 cm³/mol. The van der Waals surface area contributed by atoms with Crippen LogP contribution in [0.3, 0.4) is 0 Å². The standard InChI is InChI=1S/C3H6O.C2H6O/c1-2-4-3-1;1-2-3/h1-3H2;3H,2H2,1H3. The normalized spacial score (nSPS) is 16.3. The Bertz CT molecular complexity index is 21.3. The molecule has 1 heterocycles. The van der Waals surface area contributed by atoms with Crippen LogP contribution in [0.1, 0.15) is 13.3 Å². The van der Waals surface area contributed by atoms with Crippen LogP contribution in [0.5, 0.6) is 0 Å². The van der Waals surface area contributed by atoms with Gasteiger partial charge in [-0.2, -0.15) is 0 Å². The van der Waals surface area contributed by atoms with Gasteiger partial charge in [-0.05, 0) is 13.3 Å². The Morgan fingerprint density at radius 3 is 1.71 bits per heavy atom. The molecule has 0 amide bonds. The van der Waals surface area contributed by atoms with Gasteiger partial charge in [-0.3, -0.25) is 0 Å². The number of rotatable bonds is 0. The van der Waals surface area contributed by atoms with Crippen molar-refractivity contribution < 1.29 is 9.84 Å². The molecule has 0 aromatic heterocycles. The average Bonchev–Trinajstić information content (AvgIpc) is 1.27. The summed E-state index contributed by atoms with van der Waals surface area (Å²) < 4.78 is 4.72. The minimum atomic E-state index is 0.250. The van der Waals surface area contributed by atoms with E-state index < -0.39 is 0 Å². The lowest BCUT2D eigenvalue weighted by Gasteiger charge is -2.09. The smallest absolute Gasteiger partial charge is 0.0488 e. The first-order valence-corrected chi connectivity index (χ1v) is 2.60. The Morgan fingerprint density at radius 1 is 1.57 bits per heavy atom. The third-order valence-electron chi connectivity index (χ3n) is 0.577. The maximum Gasteiger partial charge on any atom is 0.0488 e. The molecule has 1 saturated heterocycles. The monoisotopic (exact) mass is 104 g/mol. The fourth-order valence-electron chi connectivity index (χ4n) is 0.144. The first kappa shape index (κ1) is 6.92. The summed E-state index contributed by atoms with van der Waals surface area (Å²) in [5.41, 5.74) is 0. The van der Waals surface area contributed by atoms with Crippen molar-refractivity contribution in [1.29, 1.82) is 0 Å². The molecule has 7 heavy (non-hydrogen) atoms. The zero-order valence-corrected chi connectivity index (χ0v) is 4.68. The third-order valence-corrected chi connectivity index (χ3v) is 0.577. The van der Waals surface area contributed by atoms with E-state index in [1.165, 1.54) is 6.42 Å². The quantitative estimate of drug-likeness (QED) is 0.482. The highest BCUT2D eigenvalue weighted by Gasteiger charge is 1.94. The highest BCUT2D eigenvalue weighted by Crippen LogP contribution is 1.93. The first-order valence-electron chi connectivity index (χ1n) is 2.60. The number of aliphatic hydroxyl groups excluding tert-OH is 1. The molecule has 0 spiro atoms. The lowest BCUT2D eigenvalue weighted by Crippen LogP contribution is -2.09. The molecule has 0 aliphatic carbocycles. The lowest BCUT2D eigenvalue weighted by molar-refractivity contribution is 0.0367. The number of ether oxygens (including phenoxy) is 1. The number of hydrogen-bond acceptors (Lipinski definition) is 2. The van der Waals surface area contributed by atoms with Crippen molar-refractivity contribution in [2.45, 2.75) is 13.3 Å². The van der Waals surface area contributed by atoms with Crippen molar-refractivity contribution in [3.05, 3.63) is 0 Å². The van der Waals surface area contributed by atoms with Crippen LogP contribution in [0.25, 0.3) is 0 Å². The maximum atomic E-state index is 7.57. The Morgan fingerprint density at radius 2 is 1.71 bits per heavy atom. The van der Waals surface area contributed by atoms with Crippen molar-refractivity contribution in [1.82, 2.24) is 0 Å². The van der Waals surface area contributed by atoms with Gasteiger partial charge in [-0.15, -0.1) is 0 Å². The van der Waals surface area contributed by atoms with Gasteiger partial charge in [0.1, 0.15) is 0 Å². The van der Waals surface area contributed by atoms with Crippen LogP contribution in [0.2, 0.25) is 0 Å². The highest BCUT2D eigenvalue weighted by molar-refractivity contribution is 4.41. The number of hydrogen-bond donors (Lipinski definition) is 1. The van der Waals surface area contributed by atoms with Crippen LogP contribution in [0.15, 0.2) is 0 Å². The molecule has 1 aliphatic rings. The summed E-state index contributed by atoms with van der Waals surface area (Å²) in [6.07, 6.45) is 1.28. The van der Waals surface area contributed by atoms with Crippen LogP contribution in [0.4, 0.5) is 0 Å². The van der Waals surface area contributed by atoms with E-state index in [0.717, 1.165) is 13.2 Å². The molecule has 1 fully saturated rings. The SMILES string of the molecule is C1COC1.CCO. The molecule has 0 aromatic carbocycles. The minimum Gasteiger partial charge on any atom is -0.397 e. The lowest BCUT2D eigenvalue weighted by atomic mass is 10.4. The largest absolute Gasteiger partial charge is 0.397 e. The van der Waals surface area contributed by atoms with Crippen LogP contribution >= 0.6 is 0 Å². The molecule has 0 atom stereocenters. The molecule has 0 unspecified atom stereocenters. The number of aliphatic hydroxyl groups is 1. The van der Waals surface area contributed by atoms with Gasteiger partial charge in [-0.1, -0.05) is 0 Å². The van der Waals surface area contributed by atoms with Crippen molar-refractivity contribution in [2.24, 2.45) is 0 Å². The molecular weight excluding hydrogens is 92.1 g/mol. The topological polar surface area (TPSA) is 29.5 Å². The zero-order chi connectivity index (χ0) is 5.54. The van der Waals surface area contributed by atoms with Crippen LogP contribution in [0, 0.1) is 0 Å². The zero-order valence-electron chi connectivity index (χ0n) is 4.68. The van der Waals surface area contributed by atoms with Gasteiger partial charge in [0.15, 0.2) is 0 Å². The van der Waals surface area contributed by atoms with Crippen LogP contribution in [-0.4, -0.2) is 24.9 Å². The molecule has 44 valence electrons. The molecule has 1 rings (SSSR count). The second-order valence-corrected chi connectivity index (χ2v) is 1.28. The van der Waals surface area contributed by atoms with Gasteiger partial charge in [0, 0.05) is 19.8 Å². The van der Waals surface area contributed by atoms with Crippen LogP contribution in [-0.2, 0) is 4.74 Å². The van der Waals surface area contributed by atoms with Crippen molar-refractivity contribution in [3.8, 4) is 0 Å². The third kappa shape index (κ3) is 5.92. The first-order chi connectivity index (χ1) is 3.41. The Labute approximate surface area is 44.1 Å². The van der Waals surface area contributed by atoms with Crippen molar-refractivity contribution in [2.75, 3.05) is 19.8 Å². The van der Waals surface area contributed by atoms with Gasteiger partial charge in [0.05, 0.1) is 0 Å². The minimum absolute atomic E-state index is 0.250. The van der Waals surface area contributed by atoms with E-state index in [9.17, 15) is 0 Å². The van der Waals surface area contributed by atoms with E-state index in [1.807, 2.05) is 0 Å². The van der Waals surface area contributed by atoms with E-state index in [-0.39, 0.29) is 6.61 Å². The second-order valence-electron chi connectivity index (χ2n) is 1.28. The van der Waals surface area contributed by atoms with Gasteiger partial charge < -0.3 is 9.84 Å². The fraction of sp³-hybridized carbons (Fsp3) is 1.00. The van der Waals surface area contributed by atoms with Gasteiger partial charge >= 0.3 is 0 Å². The van der Waals surface area contributed by atoms with E-state index in [4.69, 9.17) is 9.84 Å².